The van der Waals surface area contributed by atoms with Gasteiger partial charge < -0.3 is 11.1 Å². The van der Waals surface area contributed by atoms with Gasteiger partial charge in [-0.2, -0.15) is 0 Å². The SMILES string of the molecule is CNS(=O)(=O)c1ccc(NC(C)(C)C2CC2)cc1N. The van der Waals surface area contributed by atoms with E-state index in [1.165, 1.54) is 26.0 Å². The smallest absolute Gasteiger partial charge is 0.242 e. The summed E-state index contributed by atoms with van der Waals surface area (Å²) in [7, 11) is -2.12. The third-order valence-electron chi connectivity index (χ3n) is 3.63. The van der Waals surface area contributed by atoms with Crippen LogP contribution in [0.1, 0.15) is 26.7 Å². The van der Waals surface area contributed by atoms with Gasteiger partial charge in [-0.15, -0.1) is 0 Å². The molecule has 106 valence electrons. The van der Waals surface area contributed by atoms with Crippen molar-refractivity contribution in [3.63, 3.8) is 0 Å². The number of hydrogen-bond acceptors (Lipinski definition) is 4. The molecule has 0 bridgehead atoms. The second kappa shape index (κ2) is 4.68. The minimum atomic E-state index is -3.50. The van der Waals surface area contributed by atoms with Crippen LogP contribution in [0.3, 0.4) is 0 Å². The molecule has 1 aliphatic carbocycles. The standard InChI is InChI=1S/C13H21N3O2S/c1-13(2,9-4-5-9)16-10-6-7-12(11(14)8-10)19(17,18)15-3/h6-9,15-16H,4-5,14H2,1-3H3. The summed E-state index contributed by atoms with van der Waals surface area (Å²) in [6, 6.07) is 4.96. The molecule has 1 aromatic carbocycles. The van der Waals surface area contributed by atoms with E-state index in [2.05, 4.69) is 23.9 Å². The number of nitrogen functional groups attached to an aromatic ring is 1. The molecule has 0 saturated heterocycles. The molecule has 0 aliphatic heterocycles. The normalized spacial score (nSPS) is 16.4. The molecular weight excluding hydrogens is 262 g/mol. The van der Waals surface area contributed by atoms with E-state index in [0.717, 1.165) is 5.69 Å². The number of anilines is 2. The maximum atomic E-state index is 11.7. The minimum Gasteiger partial charge on any atom is -0.398 e. The molecule has 1 fully saturated rings. The number of rotatable bonds is 5. The van der Waals surface area contributed by atoms with E-state index in [1.54, 1.807) is 12.1 Å². The minimum absolute atomic E-state index is 0.00976. The molecule has 0 heterocycles. The zero-order chi connectivity index (χ0) is 14.3. The summed E-state index contributed by atoms with van der Waals surface area (Å²) in [6.07, 6.45) is 2.48. The molecule has 0 radical (unpaired) electrons. The zero-order valence-electron chi connectivity index (χ0n) is 11.5. The van der Waals surface area contributed by atoms with E-state index in [-0.39, 0.29) is 16.1 Å². The molecule has 4 N–H and O–H groups in total. The Morgan fingerprint density at radius 1 is 1.32 bits per heavy atom. The number of nitrogens with two attached hydrogens (primary N) is 1. The van der Waals surface area contributed by atoms with Gasteiger partial charge >= 0.3 is 0 Å². The van der Waals surface area contributed by atoms with Crippen LogP contribution in [0.4, 0.5) is 11.4 Å². The molecule has 0 spiro atoms. The lowest BCUT2D eigenvalue weighted by atomic mass is 9.98. The molecule has 6 heteroatoms. The van der Waals surface area contributed by atoms with Gasteiger partial charge in [-0.25, -0.2) is 13.1 Å². The van der Waals surface area contributed by atoms with Crippen molar-refractivity contribution in [2.45, 2.75) is 37.1 Å². The fourth-order valence-electron chi connectivity index (χ4n) is 2.26. The van der Waals surface area contributed by atoms with E-state index in [9.17, 15) is 8.42 Å². The van der Waals surface area contributed by atoms with Crippen LogP contribution < -0.4 is 15.8 Å². The van der Waals surface area contributed by atoms with Crippen molar-refractivity contribution in [3.05, 3.63) is 18.2 Å². The van der Waals surface area contributed by atoms with Gasteiger partial charge in [-0.05, 0) is 57.9 Å². The van der Waals surface area contributed by atoms with Crippen LogP contribution >= 0.6 is 0 Å². The highest BCUT2D eigenvalue weighted by Gasteiger charge is 2.37. The number of benzene rings is 1. The lowest BCUT2D eigenvalue weighted by Crippen LogP contribution is -2.33. The van der Waals surface area contributed by atoms with Gasteiger partial charge in [0, 0.05) is 11.2 Å². The van der Waals surface area contributed by atoms with Gasteiger partial charge in [-0.3, -0.25) is 0 Å². The third-order valence-corrected chi connectivity index (χ3v) is 5.12. The van der Waals surface area contributed by atoms with E-state index in [0.29, 0.717) is 5.92 Å². The second-order valence-electron chi connectivity index (χ2n) is 5.58. The van der Waals surface area contributed by atoms with Crippen molar-refractivity contribution < 1.29 is 8.42 Å². The van der Waals surface area contributed by atoms with Gasteiger partial charge in [0.2, 0.25) is 10.0 Å². The van der Waals surface area contributed by atoms with Crippen molar-refractivity contribution in [2.24, 2.45) is 5.92 Å². The van der Waals surface area contributed by atoms with E-state index in [4.69, 9.17) is 5.73 Å². The zero-order valence-corrected chi connectivity index (χ0v) is 12.3. The first-order valence-electron chi connectivity index (χ1n) is 6.37. The Morgan fingerprint density at radius 3 is 2.42 bits per heavy atom. The lowest BCUT2D eigenvalue weighted by molar-refractivity contribution is 0.494. The van der Waals surface area contributed by atoms with Crippen molar-refractivity contribution in [1.29, 1.82) is 0 Å². The summed E-state index contributed by atoms with van der Waals surface area (Å²) < 4.78 is 25.7. The summed E-state index contributed by atoms with van der Waals surface area (Å²) in [5.41, 5.74) is 6.95. The Bertz CT molecular complexity index is 578. The molecule has 0 aromatic heterocycles. The summed E-state index contributed by atoms with van der Waals surface area (Å²) in [5.74, 6) is 0.675. The van der Waals surface area contributed by atoms with Crippen LogP contribution in [-0.2, 0) is 10.0 Å². The van der Waals surface area contributed by atoms with E-state index < -0.39 is 10.0 Å². The van der Waals surface area contributed by atoms with Crippen LogP contribution in [0.5, 0.6) is 0 Å². The van der Waals surface area contributed by atoms with Crippen LogP contribution in [0.15, 0.2) is 23.1 Å². The Hall–Kier alpha value is -1.27. The maximum absolute atomic E-state index is 11.7. The molecule has 0 amide bonds. The highest BCUT2D eigenvalue weighted by molar-refractivity contribution is 7.89. The largest absolute Gasteiger partial charge is 0.398 e. The average Bonchev–Trinajstić information content (AvgIpc) is 3.12. The maximum Gasteiger partial charge on any atom is 0.242 e. The van der Waals surface area contributed by atoms with Crippen molar-refractivity contribution >= 4 is 21.4 Å². The molecule has 0 atom stereocenters. The first kappa shape index (κ1) is 14.1. The molecule has 5 nitrogen and oxygen atoms in total. The van der Waals surface area contributed by atoms with Crippen molar-refractivity contribution in [1.82, 2.24) is 4.72 Å². The van der Waals surface area contributed by atoms with Crippen molar-refractivity contribution in [2.75, 3.05) is 18.1 Å². The molecule has 1 saturated carbocycles. The summed E-state index contributed by atoms with van der Waals surface area (Å²) in [4.78, 5) is 0.116. The summed E-state index contributed by atoms with van der Waals surface area (Å²) >= 11 is 0. The first-order valence-corrected chi connectivity index (χ1v) is 7.86. The predicted molar refractivity (Wildman–Crippen MR) is 77.5 cm³/mol. The number of sulfonamides is 1. The van der Waals surface area contributed by atoms with Gasteiger partial charge in [0.05, 0.1) is 5.69 Å². The molecule has 1 aromatic rings. The Labute approximate surface area is 114 Å². The molecular formula is C13H21N3O2S. The predicted octanol–water partition coefficient (Wildman–Crippen LogP) is 1.78. The number of hydrogen-bond donors (Lipinski definition) is 3. The average molecular weight is 283 g/mol. The monoisotopic (exact) mass is 283 g/mol. The van der Waals surface area contributed by atoms with Crippen LogP contribution in [-0.4, -0.2) is 21.0 Å². The second-order valence-corrected chi connectivity index (χ2v) is 7.44. The molecule has 19 heavy (non-hydrogen) atoms. The van der Waals surface area contributed by atoms with Gasteiger partial charge in [-0.1, -0.05) is 0 Å². The summed E-state index contributed by atoms with van der Waals surface area (Å²) in [6.45, 7) is 4.30. The topological polar surface area (TPSA) is 84.2 Å². The highest BCUT2D eigenvalue weighted by Crippen LogP contribution is 2.41. The fraction of sp³-hybridized carbons (Fsp3) is 0.538. The van der Waals surface area contributed by atoms with Gasteiger partial charge in [0.1, 0.15) is 4.90 Å². The van der Waals surface area contributed by atoms with Crippen LogP contribution in [0.25, 0.3) is 0 Å². The molecule has 0 unspecified atom stereocenters. The van der Waals surface area contributed by atoms with Crippen LogP contribution in [0.2, 0.25) is 0 Å². The fourth-order valence-corrected chi connectivity index (χ4v) is 3.10. The van der Waals surface area contributed by atoms with E-state index in [1.807, 2.05) is 0 Å². The van der Waals surface area contributed by atoms with Gasteiger partial charge in [0.15, 0.2) is 0 Å². The Morgan fingerprint density at radius 2 is 1.95 bits per heavy atom. The van der Waals surface area contributed by atoms with Crippen molar-refractivity contribution in [3.8, 4) is 0 Å². The summed E-state index contributed by atoms with van der Waals surface area (Å²) in [5, 5.41) is 3.42. The van der Waals surface area contributed by atoms with Crippen LogP contribution in [0, 0.1) is 5.92 Å². The highest BCUT2D eigenvalue weighted by atomic mass is 32.2. The number of nitrogens with one attached hydrogen (secondary N) is 2. The first-order chi connectivity index (χ1) is 8.76. The van der Waals surface area contributed by atoms with E-state index >= 15 is 0 Å². The Balaban J connectivity index is 2.24. The quantitative estimate of drug-likeness (QED) is 0.719. The van der Waals surface area contributed by atoms with Gasteiger partial charge in [0.25, 0.3) is 0 Å². The Kier molecular flexibility index (Phi) is 3.49. The third kappa shape index (κ3) is 3.01. The molecule has 1 aliphatic rings. The lowest BCUT2D eigenvalue weighted by Gasteiger charge is -2.28. The molecule has 2 rings (SSSR count).